The number of nitrogens with one attached hydrogen (secondary N) is 1. The average Bonchev–Trinajstić information content (AvgIpc) is 2.70. The molecule has 0 fully saturated rings. The molecule has 1 heterocycles. The third-order valence-corrected chi connectivity index (χ3v) is 2.03. The van der Waals surface area contributed by atoms with Crippen LogP contribution in [0.5, 0.6) is 0 Å². The van der Waals surface area contributed by atoms with Crippen molar-refractivity contribution in [3.05, 3.63) is 17.5 Å². The van der Waals surface area contributed by atoms with Crippen LogP contribution in [0.25, 0.3) is 0 Å². The van der Waals surface area contributed by atoms with E-state index in [0.717, 1.165) is 0 Å². The molecule has 2 amide bonds. The first-order valence-electron chi connectivity index (χ1n) is 5.27. The van der Waals surface area contributed by atoms with Gasteiger partial charge in [0.05, 0.1) is 12.2 Å². The molecule has 0 saturated heterocycles. The Morgan fingerprint density at radius 3 is 2.32 bits per heavy atom. The quantitative estimate of drug-likeness (QED) is 0.644. The number of carboxylic acids is 2. The summed E-state index contributed by atoms with van der Waals surface area (Å²) in [5.41, 5.74) is 0.636. The Bertz CT molecular complexity index is 467. The van der Waals surface area contributed by atoms with E-state index in [1.807, 2.05) is 0 Å². The van der Waals surface area contributed by atoms with Crippen molar-refractivity contribution in [3.63, 3.8) is 0 Å². The van der Waals surface area contributed by atoms with Crippen molar-refractivity contribution >= 4 is 18.0 Å². The Morgan fingerprint density at radius 1 is 1.32 bits per heavy atom. The highest BCUT2D eigenvalue weighted by Crippen LogP contribution is 2.01. The molecule has 0 bridgehead atoms. The van der Waals surface area contributed by atoms with Crippen molar-refractivity contribution in [2.45, 2.75) is 13.5 Å². The Labute approximate surface area is 107 Å². The van der Waals surface area contributed by atoms with E-state index in [4.69, 9.17) is 14.7 Å². The molecule has 1 aromatic heterocycles. The lowest BCUT2D eigenvalue weighted by Gasteiger charge is -2.18. The van der Waals surface area contributed by atoms with Crippen LogP contribution < -0.4 is 5.32 Å². The summed E-state index contributed by atoms with van der Waals surface area (Å²) in [5, 5.41) is 23.1. The summed E-state index contributed by atoms with van der Waals surface area (Å²) < 4.78 is 4.84. The van der Waals surface area contributed by atoms with E-state index in [1.165, 1.54) is 0 Å². The average molecular weight is 271 g/mol. The van der Waals surface area contributed by atoms with Crippen LogP contribution >= 0.6 is 0 Å². The largest absolute Gasteiger partial charge is 0.480 e. The molecule has 0 saturated carbocycles. The molecule has 1 aromatic rings. The molecule has 1 rings (SSSR count). The van der Waals surface area contributed by atoms with Gasteiger partial charge >= 0.3 is 18.0 Å². The van der Waals surface area contributed by atoms with Crippen LogP contribution in [-0.4, -0.2) is 51.3 Å². The summed E-state index contributed by atoms with van der Waals surface area (Å²) in [6.45, 7) is 0.298. The van der Waals surface area contributed by atoms with E-state index < -0.39 is 31.1 Å². The fourth-order valence-electron chi connectivity index (χ4n) is 1.30. The van der Waals surface area contributed by atoms with Gasteiger partial charge in [-0.05, 0) is 6.92 Å². The van der Waals surface area contributed by atoms with Crippen LogP contribution in [0.2, 0.25) is 0 Å². The van der Waals surface area contributed by atoms with Gasteiger partial charge in [0.15, 0.2) is 5.76 Å². The van der Waals surface area contributed by atoms with Crippen molar-refractivity contribution in [1.82, 2.24) is 15.4 Å². The summed E-state index contributed by atoms with van der Waals surface area (Å²) in [5.74, 6) is -2.21. The third kappa shape index (κ3) is 5.06. The SMILES string of the molecule is Cc1cc(CNC(=O)N(CC(=O)O)CC(=O)O)on1. The molecule has 104 valence electrons. The molecule has 0 aliphatic heterocycles. The normalized spacial score (nSPS) is 9.95. The highest BCUT2D eigenvalue weighted by atomic mass is 16.5. The lowest BCUT2D eigenvalue weighted by molar-refractivity contribution is -0.140. The number of carbonyl (C=O) groups excluding carboxylic acids is 1. The van der Waals surface area contributed by atoms with Crippen LogP contribution in [-0.2, 0) is 16.1 Å². The van der Waals surface area contributed by atoms with Crippen molar-refractivity contribution in [2.24, 2.45) is 0 Å². The van der Waals surface area contributed by atoms with Gasteiger partial charge in [0, 0.05) is 6.07 Å². The van der Waals surface area contributed by atoms with Gasteiger partial charge in [-0.15, -0.1) is 0 Å². The van der Waals surface area contributed by atoms with Gasteiger partial charge in [-0.2, -0.15) is 0 Å². The van der Waals surface area contributed by atoms with E-state index in [1.54, 1.807) is 13.0 Å². The number of aryl methyl sites for hydroxylation is 1. The van der Waals surface area contributed by atoms with Crippen molar-refractivity contribution < 1.29 is 29.1 Å². The van der Waals surface area contributed by atoms with Crippen LogP contribution in [0.15, 0.2) is 10.6 Å². The molecule has 0 spiro atoms. The second-order valence-corrected chi connectivity index (χ2v) is 3.74. The molecule has 0 aromatic carbocycles. The van der Waals surface area contributed by atoms with E-state index in [0.29, 0.717) is 16.4 Å². The predicted molar refractivity (Wildman–Crippen MR) is 60.3 cm³/mol. The van der Waals surface area contributed by atoms with Crippen molar-refractivity contribution in [2.75, 3.05) is 13.1 Å². The molecule has 0 aliphatic rings. The van der Waals surface area contributed by atoms with E-state index >= 15 is 0 Å². The number of aliphatic carboxylic acids is 2. The maximum Gasteiger partial charge on any atom is 0.323 e. The predicted octanol–water partition coefficient (Wildman–Crippen LogP) is -0.336. The van der Waals surface area contributed by atoms with Gasteiger partial charge in [-0.25, -0.2) is 4.79 Å². The molecule has 9 nitrogen and oxygen atoms in total. The summed E-state index contributed by atoms with van der Waals surface area (Å²) >= 11 is 0. The fourth-order valence-corrected chi connectivity index (χ4v) is 1.30. The minimum atomic E-state index is -1.30. The number of amides is 2. The lowest BCUT2D eigenvalue weighted by atomic mass is 10.4. The molecule has 3 N–H and O–H groups in total. The van der Waals surface area contributed by atoms with Crippen LogP contribution in [0.3, 0.4) is 0 Å². The standard InChI is InChI=1S/C10H13N3O6/c1-6-2-7(19-12-6)3-11-10(18)13(4-8(14)15)5-9(16)17/h2H,3-5H2,1H3,(H,11,18)(H,14,15)(H,16,17). The monoisotopic (exact) mass is 271 g/mol. The number of carboxylic acid groups (broad SMARTS) is 2. The Kier molecular flexibility index (Phi) is 4.86. The second kappa shape index (κ2) is 6.38. The van der Waals surface area contributed by atoms with Crippen molar-refractivity contribution in [3.8, 4) is 0 Å². The van der Waals surface area contributed by atoms with Gasteiger partial charge in [0.1, 0.15) is 13.1 Å². The minimum Gasteiger partial charge on any atom is -0.480 e. The van der Waals surface area contributed by atoms with Gasteiger partial charge < -0.3 is 25.0 Å². The molecule has 0 unspecified atom stereocenters. The van der Waals surface area contributed by atoms with E-state index in [-0.39, 0.29) is 6.54 Å². The fraction of sp³-hybridized carbons (Fsp3) is 0.400. The molecular weight excluding hydrogens is 258 g/mol. The molecular formula is C10H13N3O6. The number of urea groups is 1. The molecule has 9 heteroatoms. The summed E-state index contributed by atoms with van der Waals surface area (Å²) in [7, 11) is 0. The Balaban J connectivity index is 2.55. The van der Waals surface area contributed by atoms with Crippen LogP contribution in [0, 0.1) is 6.92 Å². The zero-order valence-electron chi connectivity index (χ0n) is 10.1. The van der Waals surface area contributed by atoms with Crippen molar-refractivity contribution in [1.29, 1.82) is 0 Å². The molecule has 0 atom stereocenters. The maximum atomic E-state index is 11.6. The second-order valence-electron chi connectivity index (χ2n) is 3.74. The maximum absolute atomic E-state index is 11.6. The summed E-state index contributed by atoms with van der Waals surface area (Å²) in [6, 6.07) is 0.790. The molecule has 0 radical (unpaired) electrons. The zero-order valence-corrected chi connectivity index (χ0v) is 10.1. The number of hydrogen-bond acceptors (Lipinski definition) is 5. The third-order valence-electron chi connectivity index (χ3n) is 2.03. The first-order valence-corrected chi connectivity index (χ1v) is 5.27. The first kappa shape index (κ1) is 14.5. The number of hydrogen-bond donors (Lipinski definition) is 3. The first-order chi connectivity index (χ1) is 8.88. The number of nitrogens with zero attached hydrogens (tertiary/aromatic N) is 2. The van der Waals surface area contributed by atoms with Gasteiger partial charge in [-0.1, -0.05) is 5.16 Å². The summed E-state index contributed by atoms with van der Waals surface area (Å²) in [4.78, 5) is 33.3. The smallest absolute Gasteiger partial charge is 0.323 e. The number of rotatable bonds is 6. The summed E-state index contributed by atoms with van der Waals surface area (Å²) in [6.07, 6.45) is 0. The Hall–Kier alpha value is -2.58. The molecule has 19 heavy (non-hydrogen) atoms. The highest BCUT2D eigenvalue weighted by molar-refractivity contribution is 5.83. The van der Waals surface area contributed by atoms with E-state index in [2.05, 4.69) is 10.5 Å². The van der Waals surface area contributed by atoms with Crippen LogP contribution in [0.1, 0.15) is 11.5 Å². The number of aromatic nitrogens is 1. The molecule has 0 aliphatic carbocycles. The lowest BCUT2D eigenvalue weighted by Crippen LogP contribution is -2.45. The van der Waals surface area contributed by atoms with E-state index in [9.17, 15) is 14.4 Å². The zero-order chi connectivity index (χ0) is 14.4. The topological polar surface area (TPSA) is 133 Å². The van der Waals surface area contributed by atoms with Gasteiger partial charge in [0.2, 0.25) is 0 Å². The Morgan fingerprint density at radius 2 is 1.89 bits per heavy atom. The van der Waals surface area contributed by atoms with Crippen LogP contribution in [0.4, 0.5) is 4.79 Å². The minimum absolute atomic E-state index is 0.00455. The van der Waals surface area contributed by atoms with Gasteiger partial charge in [0.25, 0.3) is 0 Å². The number of carbonyl (C=O) groups is 3. The highest BCUT2D eigenvalue weighted by Gasteiger charge is 2.19. The van der Waals surface area contributed by atoms with Gasteiger partial charge in [-0.3, -0.25) is 9.59 Å².